The van der Waals surface area contributed by atoms with Gasteiger partial charge in [0.05, 0.1) is 25.2 Å². The van der Waals surface area contributed by atoms with Crippen LogP contribution < -0.4 is 19.6 Å². The molecule has 0 aliphatic carbocycles. The van der Waals surface area contributed by atoms with E-state index in [0.29, 0.717) is 21.8 Å². The lowest BCUT2D eigenvalue weighted by Crippen LogP contribution is -2.16. The topological polar surface area (TPSA) is 88.1 Å². The van der Waals surface area contributed by atoms with Gasteiger partial charge >= 0.3 is 5.97 Å². The van der Waals surface area contributed by atoms with Crippen molar-refractivity contribution in [3.63, 3.8) is 0 Å². The largest absolute Gasteiger partial charge is 0.493 e. The zero-order chi connectivity index (χ0) is 21.3. The van der Waals surface area contributed by atoms with E-state index < -0.39 is 11.4 Å². The van der Waals surface area contributed by atoms with Gasteiger partial charge in [0.15, 0.2) is 21.9 Å². The number of ether oxygens (including phenoxy) is 3. The second kappa shape index (κ2) is 8.08. The Hall–Kier alpha value is -3.52. The molecule has 30 heavy (non-hydrogen) atoms. The number of carbonyl (C=O) groups excluding carboxylic acids is 1. The number of halogens is 1. The van der Waals surface area contributed by atoms with Gasteiger partial charge < -0.3 is 23.0 Å². The van der Waals surface area contributed by atoms with Crippen LogP contribution in [-0.4, -0.2) is 20.2 Å². The third kappa shape index (κ3) is 3.57. The van der Waals surface area contributed by atoms with E-state index in [4.69, 9.17) is 23.0 Å². The van der Waals surface area contributed by atoms with Crippen molar-refractivity contribution in [2.45, 2.75) is 0 Å². The highest BCUT2D eigenvalue weighted by Gasteiger charge is 2.24. The summed E-state index contributed by atoms with van der Waals surface area (Å²) >= 11 is 3.22. The standard InChI is InChI=1S/C22H15BrO7/c1-26-15-8-7-12(11-17(15)27-2)22(25)30-21-19(24)13-5-3-4-6-14(13)29-20(21)16-9-10-18(23)28-16/h3-11H,1-2H3. The zero-order valence-electron chi connectivity index (χ0n) is 15.9. The third-order valence-electron chi connectivity index (χ3n) is 4.37. The monoisotopic (exact) mass is 470 g/mol. The van der Waals surface area contributed by atoms with Crippen LogP contribution in [0.4, 0.5) is 0 Å². The Labute approximate surface area is 178 Å². The molecule has 0 aliphatic rings. The minimum Gasteiger partial charge on any atom is -0.493 e. The second-order valence-electron chi connectivity index (χ2n) is 6.15. The van der Waals surface area contributed by atoms with Crippen LogP contribution >= 0.6 is 15.9 Å². The van der Waals surface area contributed by atoms with Crippen LogP contribution in [0, 0.1) is 0 Å². The first kappa shape index (κ1) is 19.8. The molecule has 0 aliphatic heterocycles. The number of rotatable bonds is 5. The van der Waals surface area contributed by atoms with E-state index in [9.17, 15) is 9.59 Å². The highest BCUT2D eigenvalue weighted by atomic mass is 79.9. The van der Waals surface area contributed by atoms with Crippen molar-refractivity contribution in [2.24, 2.45) is 0 Å². The zero-order valence-corrected chi connectivity index (χ0v) is 17.5. The molecule has 0 bridgehead atoms. The van der Waals surface area contributed by atoms with Crippen LogP contribution in [0.25, 0.3) is 22.5 Å². The molecule has 0 saturated carbocycles. The van der Waals surface area contributed by atoms with Crippen LogP contribution in [0.15, 0.2) is 72.9 Å². The molecule has 0 amide bonds. The average molecular weight is 471 g/mol. The van der Waals surface area contributed by atoms with Gasteiger partial charge in [-0.15, -0.1) is 0 Å². The van der Waals surface area contributed by atoms with E-state index in [2.05, 4.69) is 15.9 Å². The van der Waals surface area contributed by atoms with Gasteiger partial charge in [-0.2, -0.15) is 0 Å². The maximum Gasteiger partial charge on any atom is 0.343 e. The van der Waals surface area contributed by atoms with E-state index >= 15 is 0 Å². The Morgan fingerprint density at radius 2 is 1.70 bits per heavy atom. The van der Waals surface area contributed by atoms with Crippen LogP contribution in [-0.2, 0) is 0 Å². The van der Waals surface area contributed by atoms with Crippen molar-refractivity contribution < 1.29 is 27.8 Å². The summed E-state index contributed by atoms with van der Waals surface area (Å²) in [6.45, 7) is 0. The first-order chi connectivity index (χ1) is 14.5. The van der Waals surface area contributed by atoms with Gasteiger partial charge in [0.1, 0.15) is 5.58 Å². The number of furan rings is 1. The van der Waals surface area contributed by atoms with Gasteiger partial charge in [-0.3, -0.25) is 4.79 Å². The molecule has 0 spiro atoms. The van der Waals surface area contributed by atoms with Crippen LogP contribution in [0.2, 0.25) is 0 Å². The fourth-order valence-corrected chi connectivity index (χ4v) is 3.24. The minimum absolute atomic E-state index is 0.0122. The third-order valence-corrected chi connectivity index (χ3v) is 4.79. The summed E-state index contributed by atoms with van der Waals surface area (Å²) in [6, 6.07) is 14.5. The van der Waals surface area contributed by atoms with Crippen molar-refractivity contribution >= 4 is 32.9 Å². The molecule has 0 saturated heterocycles. The molecule has 0 radical (unpaired) electrons. The van der Waals surface area contributed by atoms with E-state index in [1.807, 2.05) is 0 Å². The van der Waals surface area contributed by atoms with Crippen molar-refractivity contribution in [2.75, 3.05) is 14.2 Å². The molecular formula is C22H15BrO7. The number of esters is 1. The highest BCUT2D eigenvalue weighted by molar-refractivity contribution is 9.10. The Morgan fingerprint density at radius 3 is 2.40 bits per heavy atom. The summed E-state index contributed by atoms with van der Waals surface area (Å²) in [5, 5.41) is 0.280. The van der Waals surface area contributed by atoms with Gasteiger partial charge in [-0.05, 0) is 58.4 Å². The van der Waals surface area contributed by atoms with Gasteiger partial charge in [0, 0.05) is 0 Å². The molecule has 8 heteroatoms. The molecule has 4 rings (SSSR count). The van der Waals surface area contributed by atoms with Gasteiger partial charge in [-0.25, -0.2) is 4.79 Å². The molecule has 4 aromatic rings. The number of benzene rings is 2. The predicted molar refractivity (Wildman–Crippen MR) is 112 cm³/mol. The highest BCUT2D eigenvalue weighted by Crippen LogP contribution is 2.34. The Kier molecular flexibility index (Phi) is 5.33. The minimum atomic E-state index is -0.759. The molecule has 0 N–H and O–H groups in total. The van der Waals surface area contributed by atoms with E-state index in [1.54, 1.807) is 42.5 Å². The maximum atomic E-state index is 13.1. The first-order valence-electron chi connectivity index (χ1n) is 8.77. The molecule has 0 unspecified atom stereocenters. The summed E-state index contributed by atoms with van der Waals surface area (Å²) in [6.07, 6.45) is 0. The van der Waals surface area contributed by atoms with Crippen molar-refractivity contribution in [1.29, 1.82) is 0 Å². The number of methoxy groups -OCH3 is 2. The lowest BCUT2D eigenvalue weighted by molar-refractivity contribution is 0.0730. The number of fused-ring (bicyclic) bond motifs is 1. The quantitative estimate of drug-likeness (QED) is 0.377. The fourth-order valence-electron chi connectivity index (χ4n) is 2.93. The van der Waals surface area contributed by atoms with Crippen molar-refractivity contribution in [1.82, 2.24) is 0 Å². The summed E-state index contributed by atoms with van der Waals surface area (Å²) in [7, 11) is 2.95. The normalized spacial score (nSPS) is 10.8. The molecule has 0 atom stereocenters. The van der Waals surface area contributed by atoms with Crippen LogP contribution in [0.3, 0.4) is 0 Å². The fraction of sp³-hybridized carbons (Fsp3) is 0.0909. The number of hydrogen-bond acceptors (Lipinski definition) is 7. The van der Waals surface area contributed by atoms with E-state index in [1.165, 1.54) is 26.4 Å². The van der Waals surface area contributed by atoms with E-state index in [0.717, 1.165) is 0 Å². The van der Waals surface area contributed by atoms with Gasteiger partial charge in [-0.1, -0.05) is 12.1 Å². The SMILES string of the molecule is COc1ccc(C(=O)Oc2c(-c3ccc(Br)o3)oc3ccccc3c2=O)cc1OC. The molecular weight excluding hydrogens is 456 g/mol. The smallest absolute Gasteiger partial charge is 0.343 e. The summed E-state index contributed by atoms with van der Waals surface area (Å²) in [4.78, 5) is 25.9. The summed E-state index contributed by atoms with van der Waals surface area (Å²) in [5.41, 5.74) is 0.0240. The molecule has 2 aromatic heterocycles. The predicted octanol–water partition coefficient (Wildman–Crippen LogP) is 5.05. The van der Waals surface area contributed by atoms with Gasteiger partial charge in [0.2, 0.25) is 16.9 Å². The summed E-state index contributed by atoms with van der Waals surface area (Å²) < 4.78 is 27.7. The lowest BCUT2D eigenvalue weighted by atomic mass is 10.1. The summed E-state index contributed by atoms with van der Waals surface area (Å²) in [5.74, 6) is 0.0342. The Morgan fingerprint density at radius 1 is 0.933 bits per heavy atom. The van der Waals surface area contributed by atoms with Gasteiger partial charge in [0.25, 0.3) is 0 Å². The number of carbonyl (C=O) groups is 1. The van der Waals surface area contributed by atoms with E-state index in [-0.39, 0.29) is 28.2 Å². The van der Waals surface area contributed by atoms with Crippen LogP contribution in [0.5, 0.6) is 17.2 Å². The maximum absolute atomic E-state index is 13.1. The Bertz CT molecular complexity index is 1300. The molecule has 7 nitrogen and oxygen atoms in total. The molecule has 2 aromatic carbocycles. The van der Waals surface area contributed by atoms with Crippen molar-refractivity contribution in [3.8, 4) is 28.8 Å². The average Bonchev–Trinajstić information content (AvgIpc) is 3.21. The number of para-hydroxylation sites is 1. The van der Waals surface area contributed by atoms with Crippen LogP contribution in [0.1, 0.15) is 10.4 Å². The lowest BCUT2D eigenvalue weighted by Gasteiger charge is -2.11. The first-order valence-corrected chi connectivity index (χ1v) is 9.57. The van der Waals surface area contributed by atoms with Crippen molar-refractivity contribution in [3.05, 3.63) is 75.1 Å². The molecule has 0 fully saturated rings. The Balaban J connectivity index is 1.83. The molecule has 2 heterocycles. The second-order valence-corrected chi connectivity index (χ2v) is 6.93. The number of hydrogen-bond donors (Lipinski definition) is 0. The molecule has 152 valence electrons.